The van der Waals surface area contributed by atoms with E-state index < -0.39 is 16.1 Å². The maximum Gasteiger partial charge on any atom is 0.242 e. The molecule has 1 heterocycles. The summed E-state index contributed by atoms with van der Waals surface area (Å²) in [5.41, 5.74) is 0. The van der Waals surface area contributed by atoms with E-state index in [0.29, 0.717) is 0 Å². The van der Waals surface area contributed by atoms with Gasteiger partial charge in [0.1, 0.15) is 4.90 Å². The van der Waals surface area contributed by atoms with Crippen LogP contribution < -0.4 is 4.72 Å². The molecule has 0 aromatic carbocycles. The summed E-state index contributed by atoms with van der Waals surface area (Å²) in [6, 6.07) is 0.807. The van der Waals surface area contributed by atoms with Crippen LogP contribution >= 0.6 is 11.6 Å². The van der Waals surface area contributed by atoms with E-state index >= 15 is 0 Å². The van der Waals surface area contributed by atoms with Crippen molar-refractivity contribution in [1.82, 2.24) is 9.71 Å². The average molecular weight is 293 g/mol. The minimum absolute atomic E-state index is 0.00301. The Morgan fingerprint density at radius 3 is 2.67 bits per heavy atom. The SMILES string of the molecule is CC[C@@H](C)[C@@H](CO)NS(=O)(=O)c1cncc(Cl)c1. The summed E-state index contributed by atoms with van der Waals surface area (Å²) < 4.78 is 26.6. The van der Waals surface area contributed by atoms with Crippen molar-refractivity contribution < 1.29 is 13.5 Å². The molecule has 0 fully saturated rings. The van der Waals surface area contributed by atoms with Gasteiger partial charge in [0.05, 0.1) is 11.6 Å². The number of hydrogen-bond acceptors (Lipinski definition) is 4. The third kappa shape index (κ3) is 3.91. The van der Waals surface area contributed by atoms with Crippen LogP contribution in [0.4, 0.5) is 0 Å². The number of sulfonamides is 1. The van der Waals surface area contributed by atoms with Gasteiger partial charge in [-0.3, -0.25) is 4.98 Å². The minimum atomic E-state index is -3.71. The predicted octanol–water partition coefficient (Wildman–Crippen LogP) is 1.42. The molecule has 7 heteroatoms. The van der Waals surface area contributed by atoms with Crippen LogP contribution in [0.1, 0.15) is 20.3 Å². The van der Waals surface area contributed by atoms with Gasteiger partial charge in [0.25, 0.3) is 0 Å². The Bertz CT molecular complexity index is 493. The molecule has 2 N–H and O–H groups in total. The van der Waals surface area contributed by atoms with Crippen molar-refractivity contribution in [2.75, 3.05) is 6.61 Å². The first-order valence-corrected chi connectivity index (χ1v) is 7.50. The monoisotopic (exact) mass is 292 g/mol. The highest BCUT2D eigenvalue weighted by atomic mass is 35.5. The van der Waals surface area contributed by atoms with Gasteiger partial charge < -0.3 is 5.11 Å². The van der Waals surface area contributed by atoms with E-state index in [4.69, 9.17) is 11.6 Å². The van der Waals surface area contributed by atoms with Gasteiger partial charge in [0.15, 0.2) is 0 Å². The van der Waals surface area contributed by atoms with Crippen molar-refractivity contribution in [2.24, 2.45) is 5.92 Å². The van der Waals surface area contributed by atoms with Crippen molar-refractivity contribution in [1.29, 1.82) is 0 Å². The van der Waals surface area contributed by atoms with Crippen LogP contribution in [0.3, 0.4) is 0 Å². The zero-order valence-corrected chi connectivity index (χ0v) is 11.9. The van der Waals surface area contributed by atoms with Crippen LogP contribution in [0.5, 0.6) is 0 Å². The second kappa shape index (κ2) is 6.47. The number of rotatable bonds is 6. The molecule has 0 radical (unpaired) electrons. The first-order chi connectivity index (χ1) is 8.40. The largest absolute Gasteiger partial charge is 0.395 e. The first kappa shape index (κ1) is 15.4. The molecule has 2 atom stereocenters. The molecule has 1 aromatic rings. The van der Waals surface area contributed by atoms with Crippen molar-refractivity contribution in [3.8, 4) is 0 Å². The predicted molar refractivity (Wildman–Crippen MR) is 69.9 cm³/mol. The highest BCUT2D eigenvalue weighted by Gasteiger charge is 2.23. The lowest BCUT2D eigenvalue weighted by molar-refractivity contribution is 0.219. The van der Waals surface area contributed by atoms with Crippen LogP contribution in [0.15, 0.2) is 23.4 Å². The molecule has 0 saturated carbocycles. The fraction of sp³-hybridized carbons (Fsp3) is 0.545. The zero-order chi connectivity index (χ0) is 13.8. The first-order valence-electron chi connectivity index (χ1n) is 5.64. The summed E-state index contributed by atoms with van der Waals surface area (Å²) >= 11 is 5.71. The maximum atomic E-state index is 12.1. The quantitative estimate of drug-likeness (QED) is 0.831. The molecule has 5 nitrogen and oxygen atoms in total. The maximum absolute atomic E-state index is 12.1. The molecule has 1 aromatic heterocycles. The summed E-state index contributed by atoms with van der Waals surface area (Å²) in [6.07, 6.45) is 3.35. The summed E-state index contributed by atoms with van der Waals surface area (Å²) in [5.74, 6) is 0.0388. The number of halogens is 1. The van der Waals surface area contributed by atoms with Crippen LogP contribution in [-0.4, -0.2) is 31.2 Å². The Kier molecular flexibility index (Phi) is 5.52. The molecule has 0 amide bonds. The Hall–Kier alpha value is -0.690. The number of nitrogens with zero attached hydrogens (tertiary/aromatic N) is 1. The topological polar surface area (TPSA) is 79.3 Å². The Morgan fingerprint density at radius 2 is 2.17 bits per heavy atom. The molecular weight excluding hydrogens is 276 g/mol. The normalized spacial score (nSPS) is 15.3. The van der Waals surface area contributed by atoms with E-state index in [1.807, 2.05) is 13.8 Å². The third-order valence-corrected chi connectivity index (χ3v) is 4.49. The third-order valence-electron chi connectivity index (χ3n) is 2.82. The standard InChI is InChI=1S/C11H17ClN2O3S/c1-3-8(2)11(7-15)14-18(16,17)10-4-9(12)5-13-6-10/h4-6,8,11,14-15H,3,7H2,1-2H3/t8-,11-/m1/s1. The van der Waals surface area contributed by atoms with Gasteiger partial charge in [-0.25, -0.2) is 13.1 Å². The van der Waals surface area contributed by atoms with E-state index in [-0.39, 0.29) is 22.4 Å². The van der Waals surface area contributed by atoms with Gasteiger partial charge in [0.2, 0.25) is 10.0 Å². The van der Waals surface area contributed by atoms with Crippen LogP contribution in [-0.2, 0) is 10.0 Å². The summed E-state index contributed by atoms with van der Waals surface area (Å²) in [7, 11) is -3.71. The number of aliphatic hydroxyl groups is 1. The summed E-state index contributed by atoms with van der Waals surface area (Å²) in [6.45, 7) is 3.56. The Morgan fingerprint density at radius 1 is 1.50 bits per heavy atom. The molecule has 0 saturated heterocycles. The van der Waals surface area contributed by atoms with Crippen molar-refractivity contribution in [3.05, 3.63) is 23.5 Å². The summed E-state index contributed by atoms with van der Waals surface area (Å²) in [4.78, 5) is 3.73. The van der Waals surface area contributed by atoms with Crippen LogP contribution in [0.25, 0.3) is 0 Å². The Balaban J connectivity index is 2.94. The molecule has 102 valence electrons. The molecule has 18 heavy (non-hydrogen) atoms. The minimum Gasteiger partial charge on any atom is -0.395 e. The number of pyridine rings is 1. The molecule has 1 rings (SSSR count). The number of aliphatic hydroxyl groups excluding tert-OH is 1. The van der Waals surface area contributed by atoms with Gasteiger partial charge in [-0.15, -0.1) is 0 Å². The van der Waals surface area contributed by atoms with Crippen molar-refractivity contribution in [3.63, 3.8) is 0 Å². The van der Waals surface area contributed by atoms with Gasteiger partial charge >= 0.3 is 0 Å². The van der Waals surface area contributed by atoms with E-state index in [0.717, 1.165) is 6.42 Å². The smallest absolute Gasteiger partial charge is 0.242 e. The van der Waals surface area contributed by atoms with Crippen LogP contribution in [0.2, 0.25) is 5.02 Å². The summed E-state index contributed by atoms with van der Waals surface area (Å²) in [5, 5.41) is 9.48. The molecular formula is C11H17ClN2O3S. The fourth-order valence-electron chi connectivity index (χ4n) is 1.42. The van der Waals surface area contributed by atoms with E-state index in [9.17, 15) is 13.5 Å². The molecule has 0 aliphatic carbocycles. The highest BCUT2D eigenvalue weighted by molar-refractivity contribution is 7.89. The number of nitrogens with one attached hydrogen (secondary N) is 1. The second-order valence-corrected chi connectivity index (χ2v) is 6.29. The highest BCUT2D eigenvalue weighted by Crippen LogP contribution is 2.16. The zero-order valence-electron chi connectivity index (χ0n) is 10.3. The molecule has 0 spiro atoms. The van der Waals surface area contributed by atoms with E-state index in [2.05, 4.69) is 9.71 Å². The van der Waals surface area contributed by atoms with Crippen molar-refractivity contribution >= 4 is 21.6 Å². The van der Waals surface area contributed by atoms with E-state index in [1.165, 1.54) is 18.5 Å². The lowest BCUT2D eigenvalue weighted by Crippen LogP contribution is -2.41. The van der Waals surface area contributed by atoms with Gasteiger partial charge in [-0.2, -0.15) is 0 Å². The number of aromatic nitrogens is 1. The lowest BCUT2D eigenvalue weighted by Gasteiger charge is -2.21. The second-order valence-electron chi connectivity index (χ2n) is 4.13. The lowest BCUT2D eigenvalue weighted by atomic mass is 10.0. The van der Waals surface area contributed by atoms with Crippen molar-refractivity contribution in [2.45, 2.75) is 31.2 Å². The average Bonchev–Trinajstić information content (AvgIpc) is 2.35. The van der Waals surface area contributed by atoms with Gasteiger partial charge in [0, 0.05) is 18.4 Å². The van der Waals surface area contributed by atoms with Crippen LogP contribution in [0, 0.1) is 5.92 Å². The van der Waals surface area contributed by atoms with Gasteiger partial charge in [-0.05, 0) is 12.0 Å². The van der Waals surface area contributed by atoms with E-state index in [1.54, 1.807) is 0 Å². The number of hydrogen-bond donors (Lipinski definition) is 2. The molecule has 0 aliphatic rings. The molecule has 0 unspecified atom stereocenters. The molecule has 0 aliphatic heterocycles. The fourth-order valence-corrected chi connectivity index (χ4v) is 2.99. The molecule has 0 bridgehead atoms. The van der Waals surface area contributed by atoms with Gasteiger partial charge in [-0.1, -0.05) is 31.9 Å². The Labute approximate surface area is 112 Å².